The number of nitrogens with zero attached hydrogens (tertiary/aromatic N) is 3. The van der Waals surface area contributed by atoms with Crippen molar-refractivity contribution in [2.24, 2.45) is 10.2 Å². The summed E-state index contributed by atoms with van der Waals surface area (Å²) < 4.78 is 32.0. The average Bonchev–Trinajstić information content (AvgIpc) is 2.60. The summed E-state index contributed by atoms with van der Waals surface area (Å²) in [6, 6.07) is 11.0. The van der Waals surface area contributed by atoms with E-state index in [-0.39, 0.29) is 33.1 Å². The molecule has 0 unspecified atom stereocenters. The first-order chi connectivity index (χ1) is 12.7. The van der Waals surface area contributed by atoms with Gasteiger partial charge in [0.05, 0.1) is 9.82 Å². The first-order valence-electron chi connectivity index (χ1n) is 7.57. The molecule has 3 aromatic rings. The summed E-state index contributed by atoms with van der Waals surface area (Å²) in [6.07, 6.45) is 0. The predicted molar refractivity (Wildman–Crippen MR) is 97.4 cm³/mol. The largest absolute Gasteiger partial charge is 0.506 e. The molecule has 0 amide bonds. The van der Waals surface area contributed by atoms with E-state index in [4.69, 9.17) is 0 Å². The van der Waals surface area contributed by atoms with Crippen LogP contribution in [0.15, 0.2) is 63.7 Å². The fourth-order valence-corrected chi connectivity index (χ4v) is 3.01. The first kappa shape index (κ1) is 18.4. The van der Waals surface area contributed by atoms with Gasteiger partial charge in [-0.2, -0.15) is 8.42 Å². The van der Waals surface area contributed by atoms with Crippen molar-refractivity contribution in [1.82, 2.24) is 0 Å². The van der Waals surface area contributed by atoms with Crippen molar-refractivity contribution in [1.29, 1.82) is 0 Å². The summed E-state index contributed by atoms with van der Waals surface area (Å²) in [6.45, 7) is 1.70. The van der Waals surface area contributed by atoms with Crippen LogP contribution in [0.2, 0.25) is 0 Å². The molecule has 2 N–H and O–H groups in total. The molecular weight excluding hydrogens is 374 g/mol. The van der Waals surface area contributed by atoms with Crippen LogP contribution in [0, 0.1) is 17.0 Å². The van der Waals surface area contributed by atoms with Gasteiger partial charge in [-0.05, 0) is 42.1 Å². The minimum Gasteiger partial charge on any atom is -0.506 e. The van der Waals surface area contributed by atoms with Crippen LogP contribution >= 0.6 is 0 Å². The Kier molecular flexibility index (Phi) is 4.60. The Bertz CT molecular complexity index is 1200. The van der Waals surface area contributed by atoms with Gasteiger partial charge in [-0.3, -0.25) is 14.7 Å². The predicted octanol–water partition coefficient (Wildman–Crippen LogP) is 4.42. The summed E-state index contributed by atoms with van der Waals surface area (Å²) >= 11 is 0. The van der Waals surface area contributed by atoms with Crippen LogP contribution in [0.4, 0.5) is 17.1 Å². The number of phenols is 1. The van der Waals surface area contributed by atoms with Gasteiger partial charge in [-0.1, -0.05) is 18.2 Å². The number of fused-ring (bicyclic) bond motifs is 1. The number of benzene rings is 3. The van der Waals surface area contributed by atoms with E-state index in [1.54, 1.807) is 13.0 Å². The van der Waals surface area contributed by atoms with Crippen LogP contribution in [-0.2, 0) is 10.1 Å². The van der Waals surface area contributed by atoms with Gasteiger partial charge in [0.1, 0.15) is 11.4 Å². The van der Waals surface area contributed by atoms with Gasteiger partial charge in [0.25, 0.3) is 15.8 Å². The number of azo groups is 1. The maximum Gasteiger partial charge on any atom is 0.296 e. The molecule has 10 heteroatoms. The van der Waals surface area contributed by atoms with Gasteiger partial charge < -0.3 is 5.11 Å². The zero-order chi connectivity index (χ0) is 19.8. The lowest BCUT2D eigenvalue weighted by Gasteiger charge is -2.06. The third kappa shape index (κ3) is 3.76. The van der Waals surface area contributed by atoms with E-state index >= 15 is 0 Å². The molecule has 9 nitrogen and oxygen atoms in total. The Morgan fingerprint density at radius 1 is 1.04 bits per heavy atom. The highest BCUT2D eigenvalue weighted by molar-refractivity contribution is 7.85. The summed E-state index contributed by atoms with van der Waals surface area (Å²) in [5.41, 5.74) is 0.323. The molecule has 0 aliphatic heterocycles. The van der Waals surface area contributed by atoms with Gasteiger partial charge in [0.2, 0.25) is 0 Å². The second kappa shape index (κ2) is 6.74. The van der Waals surface area contributed by atoms with Crippen LogP contribution in [-0.4, -0.2) is 23.0 Å². The van der Waals surface area contributed by atoms with Gasteiger partial charge in [0.15, 0.2) is 5.69 Å². The molecule has 3 rings (SSSR count). The van der Waals surface area contributed by atoms with Gasteiger partial charge in [-0.15, -0.1) is 10.2 Å². The van der Waals surface area contributed by atoms with Crippen molar-refractivity contribution >= 4 is 38.0 Å². The maximum atomic E-state index is 11.4. The monoisotopic (exact) mass is 387 g/mol. The lowest BCUT2D eigenvalue weighted by Crippen LogP contribution is -1.97. The third-order valence-corrected chi connectivity index (χ3v) is 4.68. The zero-order valence-corrected chi connectivity index (χ0v) is 14.7. The lowest BCUT2D eigenvalue weighted by molar-refractivity contribution is -0.384. The van der Waals surface area contributed by atoms with Crippen LogP contribution in [0.1, 0.15) is 5.56 Å². The Hall–Kier alpha value is -3.37. The number of hydrogen-bond acceptors (Lipinski definition) is 7. The van der Waals surface area contributed by atoms with Crippen LogP contribution in [0.5, 0.6) is 5.75 Å². The zero-order valence-electron chi connectivity index (χ0n) is 13.9. The molecule has 138 valence electrons. The summed E-state index contributed by atoms with van der Waals surface area (Å²) in [5.74, 6) is -0.298. The van der Waals surface area contributed by atoms with Crippen LogP contribution in [0.25, 0.3) is 10.8 Å². The molecule has 0 saturated carbocycles. The average molecular weight is 387 g/mol. The Balaban J connectivity index is 2.19. The molecule has 0 atom stereocenters. The number of nitro benzene ring substituents is 1. The number of phenolic OH excluding ortho intramolecular Hbond substituents is 1. The molecule has 0 saturated heterocycles. The highest BCUT2D eigenvalue weighted by atomic mass is 32.2. The van der Waals surface area contributed by atoms with E-state index in [0.29, 0.717) is 10.9 Å². The number of rotatable bonds is 4. The molecular formula is C17H13N3O6S. The molecule has 0 bridgehead atoms. The summed E-state index contributed by atoms with van der Waals surface area (Å²) in [5, 5.41) is 29.8. The maximum absolute atomic E-state index is 11.4. The topological polar surface area (TPSA) is 142 Å². The fraction of sp³-hybridized carbons (Fsp3) is 0.0588. The first-order valence-corrected chi connectivity index (χ1v) is 9.01. The lowest BCUT2D eigenvalue weighted by atomic mass is 10.1. The second-order valence-electron chi connectivity index (χ2n) is 5.74. The van der Waals surface area contributed by atoms with Crippen molar-refractivity contribution in [2.45, 2.75) is 11.8 Å². The summed E-state index contributed by atoms with van der Waals surface area (Å²) in [7, 11) is -4.46. The standard InChI is InChI=1S/C17H13N3O6S/c1-10-2-6-14(15(8-10)20(22)23)18-19-17-13-9-12(27(24,25)26)5-3-11(13)4-7-16(17)21/h2-9,21H,1H3,(H,24,25,26). The number of nitro groups is 1. The number of aryl methyl sites for hydroxylation is 1. The van der Waals surface area contributed by atoms with E-state index < -0.39 is 15.0 Å². The fourth-order valence-electron chi connectivity index (χ4n) is 2.51. The highest BCUT2D eigenvalue weighted by Crippen LogP contribution is 2.38. The molecule has 3 aromatic carbocycles. The minimum atomic E-state index is -4.46. The molecule has 0 aliphatic carbocycles. The van der Waals surface area contributed by atoms with Crippen molar-refractivity contribution < 1.29 is 23.0 Å². The van der Waals surface area contributed by atoms with Crippen LogP contribution < -0.4 is 0 Å². The Labute approximate surface area is 153 Å². The highest BCUT2D eigenvalue weighted by Gasteiger charge is 2.16. The van der Waals surface area contributed by atoms with Gasteiger partial charge in [0, 0.05) is 11.5 Å². The van der Waals surface area contributed by atoms with Gasteiger partial charge >= 0.3 is 0 Å². The Morgan fingerprint density at radius 2 is 1.74 bits per heavy atom. The molecule has 27 heavy (non-hydrogen) atoms. The molecule has 0 spiro atoms. The van der Waals surface area contributed by atoms with Crippen molar-refractivity contribution in [2.75, 3.05) is 0 Å². The van der Waals surface area contributed by atoms with Gasteiger partial charge in [-0.25, -0.2) is 0 Å². The van der Waals surface area contributed by atoms with Crippen molar-refractivity contribution in [3.05, 3.63) is 64.2 Å². The van der Waals surface area contributed by atoms with E-state index in [2.05, 4.69) is 10.2 Å². The summed E-state index contributed by atoms with van der Waals surface area (Å²) in [4.78, 5) is 10.2. The Morgan fingerprint density at radius 3 is 2.41 bits per heavy atom. The molecule has 0 aliphatic rings. The van der Waals surface area contributed by atoms with E-state index in [1.807, 2.05) is 0 Å². The number of aromatic hydroxyl groups is 1. The molecule has 0 radical (unpaired) electrons. The quantitative estimate of drug-likeness (QED) is 0.293. The van der Waals surface area contributed by atoms with E-state index in [1.165, 1.54) is 36.4 Å². The SMILES string of the molecule is Cc1ccc(N=Nc2c(O)ccc3ccc(S(=O)(=O)O)cc23)c([N+](=O)[O-])c1. The normalized spacial score (nSPS) is 11.9. The molecule has 0 heterocycles. The minimum absolute atomic E-state index is 0.0204. The smallest absolute Gasteiger partial charge is 0.296 e. The van der Waals surface area contributed by atoms with Crippen molar-refractivity contribution in [3.63, 3.8) is 0 Å². The van der Waals surface area contributed by atoms with Crippen LogP contribution in [0.3, 0.4) is 0 Å². The number of hydrogen-bond donors (Lipinski definition) is 2. The van der Waals surface area contributed by atoms with E-state index in [9.17, 15) is 28.2 Å². The third-order valence-electron chi connectivity index (χ3n) is 3.83. The van der Waals surface area contributed by atoms with E-state index in [0.717, 1.165) is 6.07 Å². The molecule has 0 fully saturated rings. The van der Waals surface area contributed by atoms with Crippen molar-refractivity contribution in [3.8, 4) is 5.75 Å². The molecule has 0 aromatic heterocycles. The second-order valence-corrected chi connectivity index (χ2v) is 7.16.